The Hall–Kier alpha value is 0.107. The second-order valence-corrected chi connectivity index (χ2v) is 9.39. The first-order valence-corrected chi connectivity index (χ1v) is 8.93. The molecule has 0 aromatic carbocycles. The molecule has 0 saturated heterocycles. The van der Waals surface area contributed by atoms with Crippen molar-refractivity contribution in [2.75, 3.05) is 6.26 Å². The summed E-state index contributed by atoms with van der Waals surface area (Å²) >= 11 is 1.70. The van der Waals surface area contributed by atoms with Crippen molar-refractivity contribution >= 4 is 20.1 Å². The van der Waals surface area contributed by atoms with Gasteiger partial charge >= 0.3 is 0 Å². The van der Waals surface area contributed by atoms with Crippen LogP contribution in [0.15, 0.2) is 11.2 Å². The van der Waals surface area contributed by atoms with Crippen molar-refractivity contribution in [3.63, 3.8) is 0 Å². The SMILES string of the molecule is CS/C(=C\C(C)C)O[Si](C)(C)C. The maximum atomic E-state index is 5.86. The van der Waals surface area contributed by atoms with Crippen LogP contribution in [0.5, 0.6) is 0 Å². The Morgan fingerprint density at radius 2 is 1.83 bits per heavy atom. The van der Waals surface area contributed by atoms with Gasteiger partial charge in [0, 0.05) is 0 Å². The molecule has 0 aromatic rings. The predicted octanol–water partition coefficient (Wildman–Crippen LogP) is 3.70. The largest absolute Gasteiger partial charge is 0.540 e. The fourth-order valence-electron chi connectivity index (χ4n) is 0.718. The van der Waals surface area contributed by atoms with E-state index in [9.17, 15) is 0 Å². The summed E-state index contributed by atoms with van der Waals surface area (Å²) in [6.07, 6.45) is 4.25. The van der Waals surface area contributed by atoms with Crippen molar-refractivity contribution in [1.29, 1.82) is 0 Å². The Morgan fingerprint density at radius 1 is 1.33 bits per heavy atom. The highest BCUT2D eigenvalue weighted by Gasteiger charge is 2.17. The number of rotatable bonds is 4. The lowest BCUT2D eigenvalue weighted by Gasteiger charge is -2.20. The van der Waals surface area contributed by atoms with E-state index in [4.69, 9.17) is 4.43 Å². The van der Waals surface area contributed by atoms with Crippen molar-refractivity contribution in [2.45, 2.75) is 33.5 Å². The van der Waals surface area contributed by atoms with Gasteiger partial charge in [0.05, 0.1) is 0 Å². The Labute approximate surface area is 81.7 Å². The van der Waals surface area contributed by atoms with E-state index in [1.165, 1.54) is 0 Å². The number of thioether (sulfide) groups is 1. The fraction of sp³-hybridized carbons (Fsp3) is 0.778. The predicted molar refractivity (Wildman–Crippen MR) is 60.9 cm³/mol. The lowest BCUT2D eigenvalue weighted by atomic mass is 10.2. The molecule has 0 aliphatic heterocycles. The third-order valence-electron chi connectivity index (χ3n) is 1.08. The summed E-state index contributed by atoms with van der Waals surface area (Å²) in [5, 5.41) is 1.09. The van der Waals surface area contributed by atoms with E-state index in [-0.39, 0.29) is 0 Å². The monoisotopic (exact) mass is 204 g/mol. The van der Waals surface area contributed by atoms with Crippen molar-refractivity contribution in [3.05, 3.63) is 11.2 Å². The molecule has 0 amide bonds. The quantitative estimate of drug-likeness (QED) is 0.510. The van der Waals surface area contributed by atoms with Crippen LogP contribution in [0.1, 0.15) is 13.8 Å². The molecule has 1 nitrogen and oxygen atoms in total. The lowest BCUT2D eigenvalue weighted by molar-refractivity contribution is 0.458. The molecule has 0 spiro atoms. The molecule has 3 heteroatoms. The van der Waals surface area contributed by atoms with Gasteiger partial charge in [0.15, 0.2) is 0 Å². The van der Waals surface area contributed by atoms with Crippen molar-refractivity contribution in [3.8, 4) is 0 Å². The van der Waals surface area contributed by atoms with Crippen molar-refractivity contribution in [2.24, 2.45) is 5.92 Å². The summed E-state index contributed by atoms with van der Waals surface area (Å²) in [5.41, 5.74) is 0. The van der Waals surface area contributed by atoms with Gasteiger partial charge in [-0.1, -0.05) is 25.6 Å². The molecule has 0 aromatic heterocycles. The van der Waals surface area contributed by atoms with Crippen LogP contribution in [0.25, 0.3) is 0 Å². The minimum atomic E-state index is -1.40. The first kappa shape index (κ1) is 12.1. The molecule has 0 heterocycles. The minimum absolute atomic E-state index is 0.573. The molecule has 0 atom stereocenters. The molecular weight excluding hydrogens is 184 g/mol. The van der Waals surface area contributed by atoms with Gasteiger partial charge in [0.25, 0.3) is 0 Å². The highest BCUT2D eigenvalue weighted by molar-refractivity contribution is 8.02. The van der Waals surface area contributed by atoms with Crippen LogP contribution in [0.4, 0.5) is 0 Å². The highest BCUT2D eigenvalue weighted by atomic mass is 32.2. The van der Waals surface area contributed by atoms with E-state index in [0.717, 1.165) is 5.09 Å². The molecule has 72 valence electrons. The van der Waals surface area contributed by atoms with Gasteiger partial charge in [-0.2, -0.15) is 0 Å². The van der Waals surface area contributed by atoms with Crippen LogP contribution in [-0.2, 0) is 4.43 Å². The average molecular weight is 204 g/mol. The first-order valence-electron chi connectivity index (χ1n) is 4.30. The number of allylic oxidation sites excluding steroid dienone is 1. The molecule has 0 rings (SSSR count). The average Bonchev–Trinajstić information content (AvgIpc) is 1.82. The van der Waals surface area contributed by atoms with Gasteiger partial charge in [-0.3, -0.25) is 0 Å². The molecule has 0 aliphatic rings. The zero-order chi connectivity index (χ0) is 9.78. The second-order valence-electron chi connectivity index (χ2n) is 4.15. The van der Waals surface area contributed by atoms with E-state index in [1.54, 1.807) is 11.8 Å². The van der Waals surface area contributed by atoms with Gasteiger partial charge in [0.1, 0.15) is 5.09 Å². The van der Waals surface area contributed by atoms with Gasteiger partial charge in [-0.25, -0.2) is 0 Å². The molecule has 0 bridgehead atoms. The smallest absolute Gasteiger partial charge is 0.242 e. The number of hydrogen-bond donors (Lipinski definition) is 0. The van der Waals surface area contributed by atoms with Crippen LogP contribution in [0.3, 0.4) is 0 Å². The van der Waals surface area contributed by atoms with Crippen LogP contribution < -0.4 is 0 Å². The van der Waals surface area contributed by atoms with Crippen LogP contribution in [0.2, 0.25) is 19.6 Å². The van der Waals surface area contributed by atoms with E-state index < -0.39 is 8.32 Å². The summed E-state index contributed by atoms with van der Waals surface area (Å²) in [6.45, 7) is 11.0. The molecular formula is C9H20OSSi. The molecule has 0 fully saturated rings. The maximum absolute atomic E-state index is 5.86. The summed E-state index contributed by atoms with van der Waals surface area (Å²) < 4.78 is 5.86. The Morgan fingerprint density at radius 3 is 2.08 bits per heavy atom. The normalized spacial score (nSPS) is 13.8. The van der Waals surface area contributed by atoms with E-state index >= 15 is 0 Å². The maximum Gasteiger partial charge on any atom is 0.242 e. The van der Waals surface area contributed by atoms with Crippen LogP contribution in [0, 0.1) is 5.92 Å². The van der Waals surface area contributed by atoms with Gasteiger partial charge in [-0.05, 0) is 37.9 Å². The summed E-state index contributed by atoms with van der Waals surface area (Å²) in [7, 11) is -1.40. The van der Waals surface area contributed by atoms with Gasteiger partial charge in [0.2, 0.25) is 8.32 Å². The Bertz CT molecular complexity index is 158. The van der Waals surface area contributed by atoms with E-state index in [1.807, 2.05) is 0 Å². The van der Waals surface area contributed by atoms with Crippen LogP contribution >= 0.6 is 11.8 Å². The molecule has 0 radical (unpaired) electrons. The standard InChI is InChI=1S/C9H20OSSi/c1-8(2)7-9(11-3)10-12(4,5)6/h7-8H,1-6H3/b9-7-. The topological polar surface area (TPSA) is 9.23 Å². The van der Waals surface area contributed by atoms with Gasteiger partial charge in [-0.15, -0.1) is 0 Å². The van der Waals surface area contributed by atoms with Gasteiger partial charge < -0.3 is 4.43 Å². The third-order valence-corrected chi connectivity index (χ3v) is 2.68. The summed E-state index contributed by atoms with van der Waals surface area (Å²) in [5.74, 6) is 0.573. The molecule has 0 unspecified atom stereocenters. The second kappa shape index (κ2) is 4.97. The first-order chi connectivity index (χ1) is 5.35. The highest BCUT2D eigenvalue weighted by Crippen LogP contribution is 2.20. The molecule has 12 heavy (non-hydrogen) atoms. The van der Waals surface area contributed by atoms with E-state index in [0.29, 0.717) is 5.92 Å². The van der Waals surface area contributed by atoms with Crippen molar-refractivity contribution < 1.29 is 4.43 Å². The fourth-order valence-corrected chi connectivity index (χ4v) is 2.88. The Kier molecular flexibility index (Phi) is 5.02. The summed E-state index contributed by atoms with van der Waals surface area (Å²) in [4.78, 5) is 0. The zero-order valence-electron chi connectivity index (χ0n) is 8.97. The molecule has 0 aliphatic carbocycles. The van der Waals surface area contributed by atoms with Crippen LogP contribution in [-0.4, -0.2) is 14.6 Å². The lowest BCUT2D eigenvalue weighted by Crippen LogP contribution is -2.24. The van der Waals surface area contributed by atoms with Crippen molar-refractivity contribution in [1.82, 2.24) is 0 Å². The molecule has 0 N–H and O–H groups in total. The Balaban J connectivity index is 4.18. The third kappa shape index (κ3) is 6.79. The van der Waals surface area contributed by atoms with E-state index in [2.05, 4.69) is 45.8 Å². The number of hydrogen-bond acceptors (Lipinski definition) is 2. The zero-order valence-corrected chi connectivity index (χ0v) is 10.8. The summed E-state index contributed by atoms with van der Waals surface area (Å²) in [6, 6.07) is 0. The molecule has 0 saturated carbocycles. The minimum Gasteiger partial charge on any atom is -0.540 e.